The number of rotatable bonds is 4. The molecule has 3 aromatic heterocycles. The number of aryl methyl sites for hydroxylation is 2. The number of anilines is 1. The van der Waals surface area contributed by atoms with Crippen LogP contribution in [0, 0.1) is 19.7 Å². The van der Waals surface area contributed by atoms with Crippen LogP contribution in [0.3, 0.4) is 0 Å². The van der Waals surface area contributed by atoms with Crippen molar-refractivity contribution in [1.29, 1.82) is 0 Å². The fraction of sp³-hybridized carbons (Fsp3) is 0.105. The Balaban J connectivity index is 1.58. The van der Waals surface area contributed by atoms with Gasteiger partial charge in [0.1, 0.15) is 11.8 Å². The van der Waals surface area contributed by atoms with Crippen LogP contribution >= 0.6 is 0 Å². The van der Waals surface area contributed by atoms with Gasteiger partial charge in [-0.2, -0.15) is 10.1 Å². The molecule has 0 spiro atoms. The Kier molecular flexibility index (Phi) is 4.08. The summed E-state index contributed by atoms with van der Waals surface area (Å²) >= 11 is 0. The van der Waals surface area contributed by atoms with Crippen LogP contribution in [0.4, 0.5) is 10.1 Å². The van der Waals surface area contributed by atoms with Crippen molar-refractivity contribution in [2.45, 2.75) is 13.8 Å². The minimum Gasteiger partial charge on any atom is -0.459 e. The zero-order chi connectivity index (χ0) is 19.0. The molecule has 0 saturated heterocycles. The number of carbonyl (C=O) groups excluding carboxylic acids is 1. The Labute approximate surface area is 153 Å². The lowest BCUT2D eigenvalue weighted by molar-refractivity contribution is 0.0996. The van der Waals surface area contributed by atoms with Crippen molar-refractivity contribution in [3.05, 3.63) is 71.8 Å². The van der Waals surface area contributed by atoms with E-state index in [1.54, 1.807) is 23.7 Å². The predicted octanol–water partition coefficient (Wildman–Crippen LogP) is 4.12. The molecule has 3 heterocycles. The van der Waals surface area contributed by atoms with Crippen LogP contribution in [0.5, 0.6) is 11.6 Å². The number of nitrogens with one attached hydrogen (secondary N) is 1. The van der Waals surface area contributed by atoms with Crippen molar-refractivity contribution in [2.75, 3.05) is 5.32 Å². The maximum absolute atomic E-state index is 14.5. The van der Waals surface area contributed by atoms with Crippen molar-refractivity contribution < 1.29 is 18.3 Å². The third kappa shape index (κ3) is 3.12. The summed E-state index contributed by atoms with van der Waals surface area (Å²) in [6.45, 7) is 3.64. The summed E-state index contributed by atoms with van der Waals surface area (Å²) in [5.41, 5.74) is 2.54. The normalized spacial score (nSPS) is 10.9. The molecule has 8 heteroatoms. The van der Waals surface area contributed by atoms with E-state index in [2.05, 4.69) is 15.4 Å². The average molecular weight is 366 g/mol. The van der Waals surface area contributed by atoms with E-state index in [9.17, 15) is 9.18 Å². The molecule has 0 radical (unpaired) electrons. The fourth-order valence-electron chi connectivity index (χ4n) is 2.71. The number of hydrogen-bond acceptors (Lipinski definition) is 5. The zero-order valence-electron chi connectivity index (χ0n) is 14.6. The number of nitrogens with zero attached hydrogens (tertiary/aromatic N) is 3. The lowest BCUT2D eigenvalue weighted by atomic mass is 10.2. The third-order valence-corrected chi connectivity index (χ3v) is 4.09. The van der Waals surface area contributed by atoms with Gasteiger partial charge in [-0.05, 0) is 43.7 Å². The smallest absolute Gasteiger partial charge is 0.291 e. The summed E-state index contributed by atoms with van der Waals surface area (Å²) in [7, 11) is 0. The maximum atomic E-state index is 14.5. The van der Waals surface area contributed by atoms with Crippen molar-refractivity contribution >= 4 is 17.1 Å². The SMILES string of the molecule is Cc1ccoc1C(=O)Nc1ccc(Oc2ncnn3ccc(C)c23)c(F)c1. The first kappa shape index (κ1) is 16.8. The Morgan fingerprint density at radius 1 is 1.22 bits per heavy atom. The number of fused-ring (bicyclic) bond motifs is 1. The van der Waals surface area contributed by atoms with Gasteiger partial charge >= 0.3 is 0 Å². The number of benzene rings is 1. The first-order valence-electron chi connectivity index (χ1n) is 8.15. The van der Waals surface area contributed by atoms with Gasteiger partial charge in [0.15, 0.2) is 17.3 Å². The number of halogens is 1. The molecule has 0 atom stereocenters. The van der Waals surface area contributed by atoms with Gasteiger partial charge in [0.25, 0.3) is 5.91 Å². The molecule has 0 aliphatic heterocycles. The molecule has 0 aliphatic rings. The molecule has 1 aromatic carbocycles. The van der Waals surface area contributed by atoms with Gasteiger partial charge in [-0.3, -0.25) is 4.79 Å². The Bertz CT molecular complexity index is 1150. The van der Waals surface area contributed by atoms with E-state index in [0.29, 0.717) is 11.1 Å². The van der Waals surface area contributed by atoms with E-state index in [-0.39, 0.29) is 23.1 Å². The second-order valence-electron chi connectivity index (χ2n) is 5.99. The molecule has 0 unspecified atom stereocenters. The molecule has 1 amide bonds. The van der Waals surface area contributed by atoms with E-state index in [1.165, 1.54) is 30.8 Å². The number of aromatic nitrogens is 3. The molecule has 7 nitrogen and oxygen atoms in total. The van der Waals surface area contributed by atoms with Gasteiger partial charge in [0.05, 0.1) is 6.26 Å². The maximum Gasteiger partial charge on any atom is 0.291 e. The molecular formula is C19H15FN4O3. The fourth-order valence-corrected chi connectivity index (χ4v) is 2.71. The third-order valence-electron chi connectivity index (χ3n) is 4.09. The highest BCUT2D eigenvalue weighted by molar-refractivity contribution is 6.03. The zero-order valence-corrected chi connectivity index (χ0v) is 14.6. The molecule has 4 rings (SSSR count). The second-order valence-corrected chi connectivity index (χ2v) is 5.99. The summed E-state index contributed by atoms with van der Waals surface area (Å²) in [4.78, 5) is 16.2. The van der Waals surface area contributed by atoms with Gasteiger partial charge in [0, 0.05) is 23.5 Å². The Morgan fingerprint density at radius 2 is 2.07 bits per heavy atom. The number of amides is 1. The summed E-state index contributed by atoms with van der Waals surface area (Å²) in [6.07, 6.45) is 4.53. The monoisotopic (exact) mass is 366 g/mol. The van der Waals surface area contributed by atoms with Crippen LogP contribution in [-0.4, -0.2) is 20.5 Å². The predicted molar refractivity (Wildman–Crippen MR) is 95.6 cm³/mol. The quantitative estimate of drug-likeness (QED) is 0.587. The van der Waals surface area contributed by atoms with Crippen LogP contribution in [-0.2, 0) is 0 Å². The minimum absolute atomic E-state index is 0.0108. The number of hydrogen-bond donors (Lipinski definition) is 1. The van der Waals surface area contributed by atoms with Gasteiger partial charge in [-0.25, -0.2) is 8.91 Å². The molecular weight excluding hydrogens is 351 g/mol. The summed E-state index contributed by atoms with van der Waals surface area (Å²) < 4.78 is 26.9. The molecule has 1 N–H and O–H groups in total. The lowest BCUT2D eigenvalue weighted by Crippen LogP contribution is -2.12. The van der Waals surface area contributed by atoms with E-state index < -0.39 is 11.7 Å². The minimum atomic E-state index is -0.634. The Hall–Kier alpha value is -3.68. The molecule has 0 saturated carbocycles. The molecule has 0 bridgehead atoms. The summed E-state index contributed by atoms with van der Waals surface area (Å²) in [5, 5.41) is 6.67. The number of carbonyl (C=O) groups is 1. The van der Waals surface area contributed by atoms with Crippen molar-refractivity contribution in [2.24, 2.45) is 0 Å². The van der Waals surface area contributed by atoms with Gasteiger partial charge in [0.2, 0.25) is 5.88 Å². The van der Waals surface area contributed by atoms with E-state index >= 15 is 0 Å². The van der Waals surface area contributed by atoms with E-state index in [1.807, 2.05) is 13.0 Å². The van der Waals surface area contributed by atoms with Crippen LogP contribution in [0.25, 0.3) is 5.52 Å². The summed E-state index contributed by atoms with van der Waals surface area (Å²) in [6, 6.07) is 7.69. The van der Waals surface area contributed by atoms with Gasteiger partial charge < -0.3 is 14.5 Å². The highest BCUT2D eigenvalue weighted by Gasteiger charge is 2.15. The van der Waals surface area contributed by atoms with Gasteiger partial charge in [-0.15, -0.1) is 0 Å². The van der Waals surface area contributed by atoms with Crippen LogP contribution in [0.2, 0.25) is 0 Å². The van der Waals surface area contributed by atoms with Crippen molar-refractivity contribution in [3.63, 3.8) is 0 Å². The van der Waals surface area contributed by atoms with E-state index in [4.69, 9.17) is 9.15 Å². The first-order valence-corrected chi connectivity index (χ1v) is 8.15. The lowest BCUT2D eigenvalue weighted by Gasteiger charge is -2.10. The highest BCUT2D eigenvalue weighted by Crippen LogP contribution is 2.29. The topological polar surface area (TPSA) is 81.7 Å². The Morgan fingerprint density at radius 3 is 2.81 bits per heavy atom. The number of ether oxygens (including phenoxy) is 1. The van der Waals surface area contributed by atoms with Crippen LogP contribution in [0.1, 0.15) is 21.7 Å². The van der Waals surface area contributed by atoms with Gasteiger partial charge in [-0.1, -0.05) is 0 Å². The molecule has 4 aromatic rings. The number of furan rings is 1. The first-order chi connectivity index (χ1) is 13.0. The van der Waals surface area contributed by atoms with Crippen LogP contribution < -0.4 is 10.1 Å². The summed E-state index contributed by atoms with van der Waals surface area (Å²) in [5.74, 6) is -0.669. The highest BCUT2D eigenvalue weighted by atomic mass is 19.1. The standard InChI is InChI=1S/C19H15FN4O3/c1-11-5-7-24-16(11)19(21-10-22-24)27-15-4-3-13(9-14(15)20)23-18(25)17-12(2)6-8-26-17/h3-10H,1-2H3,(H,23,25). The molecule has 0 fully saturated rings. The second kappa shape index (κ2) is 6.56. The largest absolute Gasteiger partial charge is 0.459 e. The van der Waals surface area contributed by atoms with Crippen LogP contribution in [0.15, 0.2) is 53.5 Å². The van der Waals surface area contributed by atoms with Crippen molar-refractivity contribution in [3.8, 4) is 11.6 Å². The van der Waals surface area contributed by atoms with Crippen molar-refractivity contribution in [1.82, 2.24) is 14.6 Å². The molecule has 136 valence electrons. The molecule has 27 heavy (non-hydrogen) atoms. The van der Waals surface area contributed by atoms with E-state index in [0.717, 1.165) is 5.56 Å². The average Bonchev–Trinajstić information content (AvgIpc) is 3.24. The molecule has 0 aliphatic carbocycles.